The Morgan fingerprint density at radius 3 is 1.60 bits per heavy atom. The molecule has 0 radical (unpaired) electrons. The monoisotopic (exact) mass is 736 g/mol. The van der Waals surface area contributed by atoms with Gasteiger partial charge in [0.15, 0.2) is 0 Å². The lowest BCUT2D eigenvalue weighted by molar-refractivity contribution is 0.0925. The van der Waals surface area contributed by atoms with Crippen molar-refractivity contribution in [3.05, 3.63) is 98.5 Å². The number of hydrogen-bond donors (Lipinski definition) is 1. The summed E-state index contributed by atoms with van der Waals surface area (Å²) in [6.07, 6.45) is 0. The summed E-state index contributed by atoms with van der Waals surface area (Å²) in [7, 11) is 0. The van der Waals surface area contributed by atoms with Gasteiger partial charge < -0.3 is 5.11 Å². The molecule has 0 fully saturated rings. The van der Waals surface area contributed by atoms with Crippen molar-refractivity contribution in [1.29, 1.82) is 0 Å². The number of aliphatic hydroxyl groups excluding tert-OH is 1. The highest BCUT2D eigenvalue weighted by atomic mass is 35.5. The number of benzene rings is 3. The van der Waals surface area contributed by atoms with Crippen molar-refractivity contribution in [2.45, 2.75) is 21.3 Å². The number of pyridine rings is 1. The lowest BCUT2D eigenvalue weighted by Crippen LogP contribution is -2.29. The van der Waals surface area contributed by atoms with Crippen molar-refractivity contribution in [2.75, 3.05) is 4.90 Å². The van der Waals surface area contributed by atoms with Crippen LogP contribution >= 0.6 is 92.8 Å². The molecule has 2 amide bonds. The lowest BCUT2D eigenvalue weighted by atomic mass is 10.0. The third kappa shape index (κ3) is 4.79. The number of allylic oxidation sites excluding steroid dienone is 1. The topological polar surface area (TPSA) is 87.6 Å². The molecule has 0 spiro atoms. The molecule has 1 aliphatic heterocycles. The largest absolute Gasteiger partial charge is 0.506 e. The Morgan fingerprint density at radius 2 is 1.09 bits per heavy atom. The number of para-hydroxylation sites is 1. The van der Waals surface area contributed by atoms with Crippen LogP contribution in [-0.4, -0.2) is 27.7 Å². The second-order valence-corrected chi connectivity index (χ2v) is 11.6. The molecule has 1 aromatic heterocycles. The minimum Gasteiger partial charge on any atom is -0.506 e. The number of aromatic nitrogens is 1. The predicted octanol–water partition coefficient (Wildman–Crippen LogP) is 11.5. The van der Waals surface area contributed by atoms with Crippen LogP contribution in [0.1, 0.15) is 63.6 Å². The highest BCUT2D eigenvalue weighted by Gasteiger charge is 2.43. The van der Waals surface area contributed by atoms with Gasteiger partial charge in [-0.15, -0.1) is 0 Å². The van der Waals surface area contributed by atoms with Crippen molar-refractivity contribution in [2.24, 2.45) is 0 Å². The third-order valence-electron chi connectivity index (χ3n) is 6.49. The molecule has 0 saturated carbocycles. The van der Waals surface area contributed by atoms with Crippen LogP contribution in [-0.2, 0) is 0 Å². The van der Waals surface area contributed by atoms with Crippen molar-refractivity contribution in [3.63, 3.8) is 0 Å². The summed E-state index contributed by atoms with van der Waals surface area (Å²) in [4.78, 5) is 45.8. The van der Waals surface area contributed by atoms with Crippen LogP contribution in [0, 0.1) is 0 Å². The molecule has 222 valence electrons. The molecule has 2 aliphatic rings. The minimum absolute atomic E-state index is 0. The Labute approximate surface area is 285 Å². The lowest BCUT2D eigenvalue weighted by Gasteiger charge is -2.16. The molecular weight excluding hydrogens is 724 g/mol. The van der Waals surface area contributed by atoms with Gasteiger partial charge in [-0.05, 0) is 12.1 Å². The maximum atomic E-state index is 13.5. The summed E-state index contributed by atoms with van der Waals surface area (Å²) in [6, 6.07) is 7.81. The number of ketones is 1. The Hall–Kier alpha value is -2.26. The van der Waals surface area contributed by atoms with Gasteiger partial charge in [0.1, 0.15) is 5.76 Å². The van der Waals surface area contributed by atoms with E-state index in [1.54, 1.807) is 18.2 Å². The second-order valence-electron chi connectivity index (χ2n) is 8.56. The number of imide groups is 1. The summed E-state index contributed by atoms with van der Waals surface area (Å²) in [5, 5.41) is 10.1. The molecule has 3 aromatic carbocycles. The maximum absolute atomic E-state index is 13.5. The summed E-state index contributed by atoms with van der Waals surface area (Å²) < 4.78 is 0. The number of rotatable bonds is 2. The SMILES string of the molecule is C.CC.O=C1C(c2ccc3cccc(N4C(=O)c5c(Cl)c(Cl)c(Cl)c(Cl)c5C4=O)c3n2)=C(O)c2c(Cl)c(Cl)c(Cl)c(Cl)c21. The molecule has 4 aromatic rings. The smallest absolute Gasteiger partial charge is 0.267 e. The molecule has 1 N–H and O–H groups in total. The molecule has 0 unspecified atom stereocenters. The Kier molecular flexibility index (Phi) is 9.59. The molecule has 6 rings (SSSR count). The van der Waals surface area contributed by atoms with E-state index in [0.717, 1.165) is 4.90 Å². The molecule has 14 heteroatoms. The number of anilines is 1. The quantitative estimate of drug-likeness (QED) is 0.126. The van der Waals surface area contributed by atoms with Crippen LogP contribution in [0.5, 0.6) is 0 Å². The number of aliphatic hydroxyl groups is 1. The number of halogens is 8. The van der Waals surface area contributed by atoms with Crippen LogP contribution in [0.25, 0.3) is 22.2 Å². The van der Waals surface area contributed by atoms with Gasteiger partial charge in [0, 0.05) is 5.39 Å². The number of carbonyl (C=O) groups is 3. The van der Waals surface area contributed by atoms with Crippen LogP contribution in [0.15, 0.2) is 30.3 Å². The van der Waals surface area contributed by atoms with Crippen molar-refractivity contribution in [1.82, 2.24) is 4.98 Å². The average Bonchev–Trinajstić information content (AvgIpc) is 3.41. The zero-order chi connectivity index (χ0) is 30.9. The number of nitrogens with zero attached hydrogens (tertiary/aromatic N) is 2. The molecular formula is C29H16Cl8N2O4. The van der Waals surface area contributed by atoms with Crippen molar-refractivity contribution >= 4 is 138 Å². The molecule has 1 aliphatic carbocycles. The summed E-state index contributed by atoms with van der Waals surface area (Å²) in [5.74, 6) is -2.83. The van der Waals surface area contributed by atoms with Gasteiger partial charge in [0.25, 0.3) is 11.8 Å². The van der Waals surface area contributed by atoms with Crippen LogP contribution in [0.4, 0.5) is 5.69 Å². The first-order chi connectivity index (χ1) is 19.9. The normalized spacial score (nSPS) is 13.7. The Morgan fingerprint density at radius 1 is 0.628 bits per heavy atom. The molecule has 0 saturated heterocycles. The second kappa shape index (κ2) is 12.3. The number of amides is 2. The number of carbonyl (C=O) groups excluding carboxylic acids is 3. The van der Waals surface area contributed by atoms with Gasteiger partial charge in [-0.1, -0.05) is 132 Å². The van der Waals surface area contributed by atoms with Crippen LogP contribution < -0.4 is 4.90 Å². The summed E-state index contributed by atoms with van der Waals surface area (Å²) >= 11 is 49.7. The van der Waals surface area contributed by atoms with E-state index >= 15 is 0 Å². The van der Waals surface area contributed by atoms with Crippen LogP contribution in [0.2, 0.25) is 40.2 Å². The molecule has 0 bridgehead atoms. The maximum Gasteiger partial charge on any atom is 0.267 e. The summed E-state index contributed by atoms with van der Waals surface area (Å²) in [5.41, 5.74) is -0.695. The predicted molar refractivity (Wildman–Crippen MR) is 178 cm³/mol. The van der Waals surface area contributed by atoms with E-state index < -0.39 is 23.4 Å². The van der Waals surface area contributed by atoms with Crippen LogP contribution in [0.3, 0.4) is 0 Å². The number of Topliss-reactive ketones (excluding diaryl/α,β-unsaturated/α-hetero) is 1. The first-order valence-corrected chi connectivity index (χ1v) is 14.9. The van der Waals surface area contributed by atoms with Gasteiger partial charge in [0.05, 0.1) is 84.9 Å². The molecule has 2 heterocycles. The third-order valence-corrected chi connectivity index (χ3v) is 10.1. The van der Waals surface area contributed by atoms with Gasteiger partial charge in [-0.2, -0.15) is 0 Å². The fourth-order valence-corrected chi connectivity index (χ4v) is 6.72. The van der Waals surface area contributed by atoms with Gasteiger partial charge >= 0.3 is 0 Å². The van der Waals surface area contributed by atoms with Crippen molar-refractivity contribution in [3.8, 4) is 0 Å². The first kappa shape index (κ1) is 33.6. The van der Waals surface area contributed by atoms with Gasteiger partial charge in [-0.3, -0.25) is 14.4 Å². The van der Waals surface area contributed by atoms with E-state index in [-0.39, 0.29) is 92.3 Å². The Balaban J connectivity index is 0.00000138. The van der Waals surface area contributed by atoms with Gasteiger partial charge in [0.2, 0.25) is 5.78 Å². The van der Waals surface area contributed by atoms with Gasteiger partial charge in [-0.25, -0.2) is 9.88 Å². The zero-order valence-electron chi connectivity index (χ0n) is 21.0. The van der Waals surface area contributed by atoms with E-state index in [1.807, 2.05) is 13.8 Å². The van der Waals surface area contributed by atoms with E-state index in [2.05, 4.69) is 4.98 Å². The minimum atomic E-state index is -0.806. The van der Waals surface area contributed by atoms with E-state index in [0.29, 0.717) is 5.39 Å². The van der Waals surface area contributed by atoms with E-state index in [4.69, 9.17) is 92.8 Å². The highest BCUT2D eigenvalue weighted by molar-refractivity contribution is 6.58. The number of fused-ring (bicyclic) bond motifs is 3. The zero-order valence-corrected chi connectivity index (χ0v) is 27.0. The molecule has 0 atom stereocenters. The van der Waals surface area contributed by atoms with E-state index in [9.17, 15) is 19.5 Å². The fourth-order valence-electron chi connectivity index (χ4n) is 4.68. The van der Waals surface area contributed by atoms with Crippen molar-refractivity contribution < 1.29 is 19.5 Å². The van der Waals surface area contributed by atoms with E-state index in [1.165, 1.54) is 12.1 Å². The number of hydrogen-bond acceptors (Lipinski definition) is 5. The first-order valence-electron chi connectivity index (χ1n) is 11.9. The highest BCUT2D eigenvalue weighted by Crippen LogP contribution is 2.50. The molecule has 6 nitrogen and oxygen atoms in total. The average molecular weight is 740 g/mol. The fraction of sp³-hybridized carbons (Fsp3) is 0.103. The summed E-state index contributed by atoms with van der Waals surface area (Å²) in [6.45, 7) is 4.00. The Bertz CT molecular complexity index is 1930. The standard InChI is InChI=1S/C26H6Cl8N2O4.C2H6.CH4/c27-14-10-11(15(28)19(32)18(14)31)24(38)9(23(10)37)7-5-4-6-2-1-3-8(22(6)35-7)36-25(39)12-13(26(36)40)17(30)21(34)20(33)16(12)29;1-2;/h1-5,37H;1-2H3;1H4. The molecule has 43 heavy (non-hydrogen) atoms.